The Labute approximate surface area is 155 Å². The van der Waals surface area contributed by atoms with E-state index >= 15 is 0 Å². The lowest BCUT2D eigenvalue weighted by Crippen LogP contribution is -2.13. The zero-order valence-corrected chi connectivity index (χ0v) is 14.3. The van der Waals surface area contributed by atoms with Gasteiger partial charge in [-0.25, -0.2) is 4.39 Å². The van der Waals surface area contributed by atoms with Crippen molar-refractivity contribution in [1.82, 2.24) is 9.97 Å². The fourth-order valence-electron chi connectivity index (χ4n) is 2.14. The quantitative estimate of drug-likeness (QED) is 0.663. The van der Waals surface area contributed by atoms with E-state index in [4.69, 9.17) is 16.9 Å². The van der Waals surface area contributed by atoms with Gasteiger partial charge in [0.2, 0.25) is 0 Å². The number of hydrogen-bond donors (Lipinski definition) is 2. The van der Waals surface area contributed by atoms with Gasteiger partial charge in [0.05, 0.1) is 0 Å². The molecule has 0 unspecified atom stereocenters. The molecule has 3 aromatic rings. The first-order valence-corrected chi connectivity index (χ1v) is 7.81. The van der Waals surface area contributed by atoms with Crippen LogP contribution in [0.1, 0.15) is 38.4 Å². The van der Waals surface area contributed by atoms with E-state index in [1.165, 1.54) is 6.07 Å². The standard InChI is InChI=1S/C12H12ClNO.C6H3FN2O.CH4/c1-7(2)10-6-8-5-9(13)3-4-11(8)14-12(10)15;7-5-2-1-4(3-8)9-6(5)10;/h3-7H,1-2H3,(H,14,15);1-2H,(H,9,10);1H4. The summed E-state index contributed by atoms with van der Waals surface area (Å²) in [5.41, 5.74) is 0.809. The summed E-state index contributed by atoms with van der Waals surface area (Å²) < 4.78 is 12.2. The highest BCUT2D eigenvalue weighted by atomic mass is 35.5. The van der Waals surface area contributed by atoms with Crippen LogP contribution in [-0.4, -0.2) is 9.97 Å². The Morgan fingerprint density at radius 2 is 1.77 bits per heavy atom. The highest BCUT2D eigenvalue weighted by molar-refractivity contribution is 6.31. The molecule has 136 valence electrons. The first-order chi connectivity index (χ1) is 11.8. The fraction of sp³-hybridized carbons (Fsp3) is 0.211. The van der Waals surface area contributed by atoms with Gasteiger partial charge in [0.25, 0.3) is 11.1 Å². The van der Waals surface area contributed by atoms with Crippen molar-refractivity contribution in [3.8, 4) is 6.07 Å². The number of hydrogen-bond acceptors (Lipinski definition) is 3. The van der Waals surface area contributed by atoms with Crippen molar-refractivity contribution in [3.63, 3.8) is 0 Å². The van der Waals surface area contributed by atoms with Gasteiger partial charge in [-0.15, -0.1) is 0 Å². The number of benzene rings is 1. The van der Waals surface area contributed by atoms with Crippen LogP contribution in [0.2, 0.25) is 5.02 Å². The Bertz CT molecular complexity index is 1060. The molecule has 0 aliphatic rings. The summed E-state index contributed by atoms with van der Waals surface area (Å²) in [7, 11) is 0. The molecule has 2 N–H and O–H groups in total. The number of rotatable bonds is 1. The highest BCUT2D eigenvalue weighted by Crippen LogP contribution is 2.19. The molecule has 0 fully saturated rings. The molecule has 3 rings (SSSR count). The molecule has 0 atom stereocenters. The Morgan fingerprint density at radius 3 is 2.35 bits per heavy atom. The van der Waals surface area contributed by atoms with Gasteiger partial charge in [-0.05, 0) is 47.7 Å². The number of aromatic amines is 2. The molecule has 0 saturated heterocycles. The van der Waals surface area contributed by atoms with Crippen LogP contribution in [0.15, 0.2) is 46.0 Å². The maximum Gasteiger partial charge on any atom is 0.284 e. The second-order valence-electron chi connectivity index (χ2n) is 5.60. The summed E-state index contributed by atoms with van der Waals surface area (Å²) in [5.74, 6) is -0.656. The molecule has 5 nitrogen and oxygen atoms in total. The third-order valence-electron chi connectivity index (χ3n) is 3.44. The SMILES string of the molecule is C.CC(C)c1cc2cc(Cl)ccc2[nH]c1=O.N#Cc1ccc(F)c(=O)[nH]1. The lowest BCUT2D eigenvalue weighted by atomic mass is 10.0. The van der Waals surface area contributed by atoms with Crippen molar-refractivity contribution >= 4 is 22.5 Å². The van der Waals surface area contributed by atoms with E-state index in [0.29, 0.717) is 5.02 Å². The van der Waals surface area contributed by atoms with Gasteiger partial charge in [-0.2, -0.15) is 5.26 Å². The average Bonchev–Trinajstić information content (AvgIpc) is 2.57. The first kappa shape index (κ1) is 21.1. The molecule has 0 amide bonds. The van der Waals surface area contributed by atoms with E-state index in [-0.39, 0.29) is 24.6 Å². The predicted molar refractivity (Wildman–Crippen MR) is 102 cm³/mol. The second kappa shape index (κ2) is 8.97. The first-order valence-electron chi connectivity index (χ1n) is 7.43. The van der Waals surface area contributed by atoms with Gasteiger partial charge in [0.1, 0.15) is 11.8 Å². The minimum absolute atomic E-state index is 0. The van der Waals surface area contributed by atoms with Crippen LogP contribution in [0.4, 0.5) is 4.39 Å². The number of halogens is 2. The number of nitrogens with one attached hydrogen (secondary N) is 2. The number of H-pyrrole nitrogens is 2. The van der Waals surface area contributed by atoms with Gasteiger partial charge < -0.3 is 9.97 Å². The molecule has 0 aliphatic carbocycles. The molecule has 7 heteroatoms. The van der Waals surface area contributed by atoms with Gasteiger partial charge in [-0.1, -0.05) is 32.9 Å². The van der Waals surface area contributed by atoms with Crippen LogP contribution in [0.3, 0.4) is 0 Å². The fourth-order valence-corrected chi connectivity index (χ4v) is 2.32. The van der Waals surface area contributed by atoms with Crippen LogP contribution in [0.5, 0.6) is 0 Å². The molecule has 1 aromatic carbocycles. The maximum absolute atomic E-state index is 12.2. The van der Waals surface area contributed by atoms with E-state index in [1.54, 1.807) is 12.1 Å². The summed E-state index contributed by atoms with van der Waals surface area (Å²) in [6, 6.07) is 11.2. The lowest BCUT2D eigenvalue weighted by Gasteiger charge is -2.06. The summed E-state index contributed by atoms with van der Waals surface area (Å²) in [6.45, 7) is 4.00. The van der Waals surface area contributed by atoms with Gasteiger partial charge in [0, 0.05) is 16.1 Å². The van der Waals surface area contributed by atoms with E-state index in [0.717, 1.165) is 22.5 Å². The zero-order valence-electron chi connectivity index (χ0n) is 13.6. The van der Waals surface area contributed by atoms with Crippen LogP contribution in [0, 0.1) is 17.1 Å². The van der Waals surface area contributed by atoms with E-state index < -0.39 is 11.4 Å². The second-order valence-corrected chi connectivity index (χ2v) is 6.04. The third kappa shape index (κ3) is 5.04. The molecular weight excluding hydrogens is 357 g/mol. The van der Waals surface area contributed by atoms with Crippen LogP contribution in [0.25, 0.3) is 10.9 Å². The monoisotopic (exact) mass is 375 g/mol. The zero-order chi connectivity index (χ0) is 18.6. The smallest absolute Gasteiger partial charge is 0.284 e. The molecule has 0 radical (unpaired) electrons. The lowest BCUT2D eigenvalue weighted by molar-refractivity contribution is 0.608. The number of nitriles is 1. The molecular formula is C19H19ClFN3O2. The minimum Gasteiger partial charge on any atom is -0.322 e. The summed E-state index contributed by atoms with van der Waals surface area (Å²) in [5, 5.41) is 9.87. The molecule has 2 aromatic heterocycles. The van der Waals surface area contributed by atoms with Crippen molar-refractivity contribution in [2.45, 2.75) is 27.2 Å². The van der Waals surface area contributed by atoms with Crippen LogP contribution >= 0.6 is 11.6 Å². The topological polar surface area (TPSA) is 89.5 Å². The molecule has 26 heavy (non-hydrogen) atoms. The summed E-state index contributed by atoms with van der Waals surface area (Å²) >= 11 is 5.90. The van der Waals surface area contributed by atoms with Crippen molar-refractivity contribution in [2.24, 2.45) is 0 Å². The normalized spacial score (nSPS) is 9.85. The number of aromatic nitrogens is 2. The predicted octanol–water partition coefficient (Wildman–Crippen LogP) is 4.33. The number of fused-ring (bicyclic) bond motifs is 1. The Hall–Kier alpha value is -2.91. The van der Waals surface area contributed by atoms with Gasteiger partial charge >= 0.3 is 0 Å². The van der Waals surface area contributed by atoms with E-state index in [9.17, 15) is 14.0 Å². The van der Waals surface area contributed by atoms with Gasteiger partial charge in [-0.3, -0.25) is 9.59 Å². The maximum atomic E-state index is 12.2. The summed E-state index contributed by atoms with van der Waals surface area (Å²) in [6.07, 6.45) is 0. The van der Waals surface area contributed by atoms with Crippen molar-refractivity contribution in [3.05, 3.63) is 79.2 Å². The highest BCUT2D eigenvalue weighted by Gasteiger charge is 2.06. The van der Waals surface area contributed by atoms with Crippen LogP contribution in [-0.2, 0) is 0 Å². The third-order valence-corrected chi connectivity index (χ3v) is 3.67. The molecule has 2 heterocycles. The largest absolute Gasteiger partial charge is 0.322 e. The Kier molecular flexibility index (Phi) is 7.29. The average molecular weight is 376 g/mol. The van der Waals surface area contributed by atoms with Crippen LogP contribution < -0.4 is 11.1 Å². The summed E-state index contributed by atoms with van der Waals surface area (Å²) in [4.78, 5) is 27.0. The molecule has 0 aliphatic heterocycles. The molecule has 0 saturated carbocycles. The number of pyridine rings is 2. The molecule has 0 bridgehead atoms. The Morgan fingerprint density at radius 1 is 1.08 bits per heavy atom. The number of nitrogens with zero attached hydrogens (tertiary/aromatic N) is 1. The van der Waals surface area contributed by atoms with E-state index in [1.807, 2.05) is 37.0 Å². The Balaban J connectivity index is 0.000000270. The van der Waals surface area contributed by atoms with Crippen molar-refractivity contribution in [1.29, 1.82) is 5.26 Å². The van der Waals surface area contributed by atoms with Crippen molar-refractivity contribution in [2.75, 3.05) is 0 Å². The molecule has 0 spiro atoms. The van der Waals surface area contributed by atoms with E-state index in [2.05, 4.69) is 4.98 Å². The van der Waals surface area contributed by atoms with Crippen molar-refractivity contribution < 1.29 is 4.39 Å². The van der Waals surface area contributed by atoms with Gasteiger partial charge in [0.15, 0.2) is 5.82 Å². The minimum atomic E-state index is -0.876.